The van der Waals surface area contributed by atoms with Gasteiger partial charge in [0.25, 0.3) is 0 Å². The number of hydrogen-bond acceptors (Lipinski definition) is 7. The van der Waals surface area contributed by atoms with E-state index in [-0.39, 0.29) is 5.70 Å². The van der Waals surface area contributed by atoms with Crippen LogP contribution in [0.15, 0.2) is 121 Å². The molecule has 2 heterocycles. The lowest BCUT2D eigenvalue weighted by Crippen LogP contribution is -2.12. The van der Waals surface area contributed by atoms with Crippen LogP contribution >= 0.6 is 0 Å². The molecule has 1 atom stereocenters. The van der Waals surface area contributed by atoms with E-state index in [0.29, 0.717) is 36.5 Å². The standard InChI is InChI=1S/C24H27NO2.C20H17NO4/c1-4-27-15-19-10-9-17(14-23(19)26-3)13-18-6-5-7-20-21-12-16(2)8-11-22(21)25-24(18)20;1-3-11-24-17-10-9-14(13-18(17)23-2)12-16-20(22)25-19(21-16)15-7-5-4-6-8-15/h4,8-12,14,18,25H,1,5-7,13,15H2,2-3H3;3-10,12-13H,1,11H2,2H3/b;16-12-. The normalized spacial score (nSPS) is 15.5. The third-order valence-electron chi connectivity index (χ3n) is 9.16. The van der Waals surface area contributed by atoms with Crippen LogP contribution in [0, 0.1) is 6.92 Å². The minimum atomic E-state index is -0.482. The van der Waals surface area contributed by atoms with Crippen molar-refractivity contribution in [1.29, 1.82) is 0 Å². The first-order valence-electron chi connectivity index (χ1n) is 17.4. The molecule has 7 rings (SSSR count). The summed E-state index contributed by atoms with van der Waals surface area (Å²) in [5.41, 5.74) is 9.65. The van der Waals surface area contributed by atoms with Gasteiger partial charge in [-0.25, -0.2) is 9.79 Å². The van der Waals surface area contributed by atoms with Gasteiger partial charge in [0, 0.05) is 33.6 Å². The minimum absolute atomic E-state index is 0.237. The van der Waals surface area contributed by atoms with Crippen LogP contribution in [0.5, 0.6) is 17.2 Å². The van der Waals surface area contributed by atoms with Crippen LogP contribution in [0.25, 0.3) is 17.0 Å². The van der Waals surface area contributed by atoms with Gasteiger partial charge in [-0.2, -0.15) is 0 Å². The molecule has 1 unspecified atom stereocenters. The summed E-state index contributed by atoms with van der Waals surface area (Å²) in [7, 11) is 3.28. The van der Waals surface area contributed by atoms with Crippen molar-refractivity contribution in [3.63, 3.8) is 0 Å². The molecule has 1 N–H and O–H groups in total. The summed E-state index contributed by atoms with van der Waals surface area (Å²) >= 11 is 0. The summed E-state index contributed by atoms with van der Waals surface area (Å²) in [6.45, 7) is 10.3. The predicted octanol–water partition coefficient (Wildman–Crippen LogP) is 9.41. The monoisotopic (exact) mass is 696 g/mol. The van der Waals surface area contributed by atoms with Crippen LogP contribution in [0.4, 0.5) is 0 Å². The topological polar surface area (TPSA) is 91.4 Å². The van der Waals surface area contributed by atoms with Gasteiger partial charge in [0.05, 0.1) is 20.5 Å². The number of aromatic nitrogens is 1. The maximum atomic E-state index is 12.1. The molecule has 1 aromatic heterocycles. The molecule has 8 nitrogen and oxygen atoms in total. The number of esters is 1. The van der Waals surface area contributed by atoms with Gasteiger partial charge in [0.1, 0.15) is 19.0 Å². The molecule has 1 aliphatic carbocycles. The van der Waals surface area contributed by atoms with E-state index in [2.05, 4.69) is 66.5 Å². The molecule has 0 amide bonds. The Morgan fingerprint density at radius 3 is 2.54 bits per heavy atom. The second-order valence-corrected chi connectivity index (χ2v) is 12.7. The van der Waals surface area contributed by atoms with Crippen LogP contribution in [0.3, 0.4) is 0 Å². The summed E-state index contributed by atoms with van der Waals surface area (Å²) in [6.07, 6.45) is 9.45. The number of cyclic esters (lactones) is 1. The van der Waals surface area contributed by atoms with Gasteiger partial charge < -0.3 is 28.7 Å². The van der Waals surface area contributed by atoms with Crippen molar-refractivity contribution in [2.24, 2.45) is 4.99 Å². The van der Waals surface area contributed by atoms with Gasteiger partial charge in [0.2, 0.25) is 5.90 Å². The van der Waals surface area contributed by atoms with Gasteiger partial charge in [-0.15, -0.1) is 0 Å². The number of aliphatic imine (C=N–C) groups is 1. The fraction of sp³-hybridized carbons (Fsp3) is 0.227. The number of nitrogens with one attached hydrogen (secondary N) is 1. The first kappa shape index (κ1) is 35.8. The highest BCUT2D eigenvalue weighted by molar-refractivity contribution is 6.12. The molecule has 266 valence electrons. The molecular weight excluding hydrogens is 652 g/mol. The second-order valence-electron chi connectivity index (χ2n) is 12.7. The fourth-order valence-corrected chi connectivity index (χ4v) is 6.66. The number of aromatic amines is 1. The van der Waals surface area contributed by atoms with Crippen molar-refractivity contribution in [2.75, 3.05) is 20.8 Å². The third kappa shape index (κ3) is 8.29. The fourth-order valence-electron chi connectivity index (χ4n) is 6.66. The minimum Gasteiger partial charge on any atom is -0.497 e. The van der Waals surface area contributed by atoms with E-state index >= 15 is 0 Å². The summed E-state index contributed by atoms with van der Waals surface area (Å²) in [5, 5.41) is 1.41. The highest BCUT2D eigenvalue weighted by Crippen LogP contribution is 2.39. The molecule has 2 aliphatic rings. The van der Waals surface area contributed by atoms with Crippen LogP contribution in [0.1, 0.15) is 57.8 Å². The average Bonchev–Trinajstić information content (AvgIpc) is 3.74. The van der Waals surface area contributed by atoms with E-state index in [1.165, 1.54) is 58.8 Å². The molecule has 0 saturated carbocycles. The number of carbonyl (C=O) groups excluding carboxylic acids is 1. The zero-order chi connectivity index (χ0) is 36.5. The Labute approximate surface area is 305 Å². The van der Waals surface area contributed by atoms with Crippen molar-refractivity contribution in [2.45, 2.75) is 45.1 Å². The number of carbonyl (C=O) groups is 1. The number of hydrogen-bond donors (Lipinski definition) is 1. The zero-order valence-electron chi connectivity index (χ0n) is 29.9. The number of nitrogens with zero attached hydrogens (tertiary/aromatic N) is 1. The molecule has 0 bridgehead atoms. The molecule has 4 aromatic carbocycles. The summed E-state index contributed by atoms with van der Waals surface area (Å²) in [6, 6.07) is 27.8. The smallest absolute Gasteiger partial charge is 0.363 e. The molecule has 8 heteroatoms. The lowest BCUT2D eigenvalue weighted by atomic mass is 9.83. The van der Waals surface area contributed by atoms with Crippen molar-refractivity contribution in [3.8, 4) is 17.2 Å². The second kappa shape index (κ2) is 16.8. The zero-order valence-corrected chi connectivity index (χ0v) is 29.9. The van der Waals surface area contributed by atoms with E-state index in [1.54, 1.807) is 38.5 Å². The van der Waals surface area contributed by atoms with Crippen LogP contribution in [-0.4, -0.2) is 37.7 Å². The summed E-state index contributed by atoms with van der Waals surface area (Å²) in [4.78, 5) is 20.1. The van der Waals surface area contributed by atoms with Gasteiger partial charge in [0.15, 0.2) is 17.2 Å². The Hall–Kier alpha value is -6.02. The van der Waals surface area contributed by atoms with Crippen LogP contribution < -0.4 is 14.2 Å². The van der Waals surface area contributed by atoms with E-state index in [1.807, 2.05) is 36.4 Å². The molecule has 0 radical (unpaired) electrons. The third-order valence-corrected chi connectivity index (χ3v) is 9.16. The van der Waals surface area contributed by atoms with Crippen molar-refractivity contribution in [3.05, 3.63) is 155 Å². The lowest BCUT2D eigenvalue weighted by molar-refractivity contribution is -0.129. The van der Waals surface area contributed by atoms with Gasteiger partial charge in [-0.1, -0.05) is 67.3 Å². The van der Waals surface area contributed by atoms with E-state index in [4.69, 9.17) is 23.7 Å². The molecule has 1 aliphatic heterocycles. The average molecular weight is 697 g/mol. The lowest BCUT2D eigenvalue weighted by Gasteiger charge is -2.23. The van der Waals surface area contributed by atoms with Crippen molar-refractivity contribution >= 4 is 28.8 Å². The van der Waals surface area contributed by atoms with Crippen molar-refractivity contribution < 1.29 is 28.5 Å². The number of methoxy groups -OCH3 is 2. The number of ether oxygens (including phenoxy) is 5. The quantitative estimate of drug-likeness (QED) is 0.0605. The maximum Gasteiger partial charge on any atom is 0.363 e. The molecule has 52 heavy (non-hydrogen) atoms. The predicted molar refractivity (Wildman–Crippen MR) is 206 cm³/mol. The largest absolute Gasteiger partial charge is 0.497 e. The van der Waals surface area contributed by atoms with Gasteiger partial charge in [-0.05, 0) is 97.8 Å². The SMILES string of the molecule is C=CCOc1ccc(/C=C2\N=C(c3ccccc3)OC2=O)cc1OC.C=COCc1ccc(CC2CCCc3c2[nH]c2ccc(C)cc32)cc1OC. The first-order chi connectivity index (χ1) is 25.4. The van der Waals surface area contributed by atoms with Crippen LogP contribution in [0.2, 0.25) is 0 Å². The van der Waals surface area contributed by atoms with Crippen LogP contribution in [-0.2, 0) is 33.7 Å². The van der Waals surface area contributed by atoms with Crippen molar-refractivity contribution in [1.82, 2.24) is 4.98 Å². The Kier molecular flexibility index (Phi) is 11.6. The Morgan fingerprint density at radius 1 is 0.942 bits per heavy atom. The van der Waals surface area contributed by atoms with E-state index in [9.17, 15) is 4.79 Å². The highest BCUT2D eigenvalue weighted by atomic mass is 16.6. The molecule has 5 aromatic rings. The summed E-state index contributed by atoms with van der Waals surface area (Å²) < 4.78 is 27.0. The molecular formula is C44H44N2O6. The van der Waals surface area contributed by atoms with Gasteiger partial charge >= 0.3 is 5.97 Å². The number of fused-ring (bicyclic) bond motifs is 3. The number of H-pyrrole nitrogens is 1. The first-order valence-corrected chi connectivity index (χ1v) is 17.4. The Balaban J connectivity index is 0.000000179. The highest BCUT2D eigenvalue weighted by Gasteiger charge is 2.26. The Bertz CT molecular complexity index is 2130. The van der Waals surface area contributed by atoms with E-state index in [0.717, 1.165) is 28.9 Å². The molecule has 0 saturated heterocycles. The molecule has 0 spiro atoms. The van der Waals surface area contributed by atoms with Gasteiger partial charge in [-0.3, -0.25) is 0 Å². The maximum absolute atomic E-state index is 12.1. The molecule has 0 fully saturated rings. The van der Waals surface area contributed by atoms with E-state index < -0.39 is 5.97 Å². The Morgan fingerprint density at radius 2 is 1.77 bits per heavy atom. The number of benzene rings is 4. The number of aryl methyl sites for hydroxylation is 2. The number of rotatable bonds is 12. The summed E-state index contributed by atoms with van der Waals surface area (Å²) in [5.74, 6) is 2.40.